The van der Waals surface area contributed by atoms with Crippen molar-refractivity contribution in [2.24, 2.45) is 0 Å². The molecule has 0 saturated carbocycles. The maximum Gasteiger partial charge on any atom is 0.0794 e. The lowest BCUT2D eigenvalue weighted by Crippen LogP contribution is -2.22. The molecule has 96 valence electrons. The van der Waals surface area contributed by atoms with Crippen LogP contribution >= 0.6 is 38.9 Å². The van der Waals surface area contributed by atoms with Gasteiger partial charge in [0, 0.05) is 28.0 Å². The van der Waals surface area contributed by atoms with Crippen LogP contribution in [0.5, 0.6) is 0 Å². The quantitative estimate of drug-likeness (QED) is 0.866. The molecule has 0 fully saturated rings. The molecule has 1 aromatic heterocycles. The predicted molar refractivity (Wildman–Crippen MR) is 81.4 cm³/mol. The molecule has 5 heteroatoms. The van der Waals surface area contributed by atoms with E-state index in [1.807, 2.05) is 17.8 Å². The normalized spacial score (nSPS) is 12.6. The number of halogens is 2. The lowest BCUT2D eigenvalue weighted by atomic mass is 10.0. The van der Waals surface area contributed by atoms with Crippen LogP contribution in [-0.2, 0) is 6.42 Å². The Morgan fingerprint density at radius 3 is 2.94 bits per heavy atom. The summed E-state index contributed by atoms with van der Waals surface area (Å²) < 4.78 is 0.939. The summed E-state index contributed by atoms with van der Waals surface area (Å²) in [5.74, 6) is 0. The van der Waals surface area contributed by atoms with Crippen LogP contribution in [0.25, 0.3) is 0 Å². The Morgan fingerprint density at radius 1 is 1.50 bits per heavy atom. The van der Waals surface area contributed by atoms with Crippen molar-refractivity contribution in [3.05, 3.63) is 49.8 Å². The van der Waals surface area contributed by atoms with Crippen molar-refractivity contribution in [3.8, 4) is 0 Å². The van der Waals surface area contributed by atoms with Crippen molar-refractivity contribution in [1.29, 1.82) is 0 Å². The van der Waals surface area contributed by atoms with E-state index < -0.39 is 0 Å². The van der Waals surface area contributed by atoms with Crippen LogP contribution in [0.2, 0.25) is 5.02 Å². The molecule has 2 rings (SSSR count). The summed E-state index contributed by atoms with van der Waals surface area (Å²) in [6.45, 7) is 3.05. The third-order valence-electron chi connectivity index (χ3n) is 2.69. The molecule has 0 spiro atoms. The van der Waals surface area contributed by atoms with Crippen molar-refractivity contribution in [2.45, 2.75) is 19.4 Å². The van der Waals surface area contributed by atoms with Gasteiger partial charge in [-0.3, -0.25) is 4.98 Å². The molecule has 2 aromatic rings. The Hall–Kier alpha value is -0.420. The molecule has 0 amide bonds. The Kier molecular flexibility index (Phi) is 5.18. The highest BCUT2D eigenvalue weighted by Gasteiger charge is 2.13. The zero-order valence-corrected chi connectivity index (χ0v) is 13.1. The largest absolute Gasteiger partial charge is 0.310 e. The average molecular weight is 346 g/mol. The van der Waals surface area contributed by atoms with Gasteiger partial charge in [-0.15, -0.1) is 11.3 Å². The van der Waals surface area contributed by atoms with E-state index in [9.17, 15) is 0 Å². The minimum atomic E-state index is 0.295. The van der Waals surface area contributed by atoms with E-state index >= 15 is 0 Å². The standard InChI is InChI=1S/C13H14BrClN2S/c1-2-17-13(6-10-7-16-8-18-10)9-3-4-12(15)11(14)5-9/h3-5,7-8,13,17H,2,6H2,1H3. The monoisotopic (exact) mass is 344 g/mol. The second-order valence-corrected chi connectivity index (χ2v) is 6.19. The molecule has 0 aliphatic heterocycles. The van der Waals surface area contributed by atoms with E-state index in [2.05, 4.69) is 45.3 Å². The highest BCUT2D eigenvalue weighted by molar-refractivity contribution is 9.10. The minimum Gasteiger partial charge on any atom is -0.310 e. The van der Waals surface area contributed by atoms with Gasteiger partial charge in [-0.2, -0.15) is 0 Å². The van der Waals surface area contributed by atoms with Crippen LogP contribution in [0.3, 0.4) is 0 Å². The number of rotatable bonds is 5. The van der Waals surface area contributed by atoms with E-state index in [-0.39, 0.29) is 0 Å². The molecule has 0 radical (unpaired) electrons. The topological polar surface area (TPSA) is 24.9 Å². The molecule has 18 heavy (non-hydrogen) atoms. The highest BCUT2D eigenvalue weighted by Crippen LogP contribution is 2.28. The first-order chi connectivity index (χ1) is 8.70. The molecule has 1 unspecified atom stereocenters. The Bertz CT molecular complexity index is 502. The van der Waals surface area contributed by atoms with Crippen molar-refractivity contribution in [3.63, 3.8) is 0 Å². The number of hydrogen-bond donors (Lipinski definition) is 1. The fourth-order valence-corrected chi connectivity index (χ4v) is 2.98. The number of benzene rings is 1. The second kappa shape index (κ2) is 6.66. The fraction of sp³-hybridized carbons (Fsp3) is 0.308. The molecular weight excluding hydrogens is 332 g/mol. The summed E-state index contributed by atoms with van der Waals surface area (Å²) in [5.41, 5.74) is 3.11. The van der Waals surface area contributed by atoms with Gasteiger partial charge in [0.1, 0.15) is 0 Å². The number of thiazole rings is 1. The molecule has 2 nitrogen and oxygen atoms in total. The summed E-state index contributed by atoms with van der Waals surface area (Å²) >= 11 is 11.2. The first-order valence-electron chi connectivity index (χ1n) is 5.76. The molecule has 0 bridgehead atoms. The van der Waals surface area contributed by atoms with Crippen LogP contribution in [0, 0.1) is 0 Å². The molecule has 1 N–H and O–H groups in total. The van der Waals surface area contributed by atoms with Gasteiger partial charge in [0.05, 0.1) is 10.5 Å². The van der Waals surface area contributed by atoms with Gasteiger partial charge in [0.15, 0.2) is 0 Å². The van der Waals surface area contributed by atoms with Crippen LogP contribution in [0.4, 0.5) is 0 Å². The zero-order chi connectivity index (χ0) is 13.0. The van der Waals surface area contributed by atoms with Crippen molar-refractivity contribution >= 4 is 38.9 Å². The molecule has 1 heterocycles. The zero-order valence-electron chi connectivity index (χ0n) is 9.99. The number of hydrogen-bond acceptors (Lipinski definition) is 3. The van der Waals surface area contributed by atoms with E-state index in [1.54, 1.807) is 11.3 Å². The van der Waals surface area contributed by atoms with Crippen LogP contribution in [0.15, 0.2) is 34.4 Å². The van der Waals surface area contributed by atoms with Gasteiger partial charge < -0.3 is 5.32 Å². The van der Waals surface area contributed by atoms with Gasteiger partial charge in [-0.25, -0.2) is 0 Å². The molecule has 1 aromatic carbocycles. The molecular formula is C13H14BrClN2S. The predicted octanol–water partition coefficient (Wildman–Crippen LogP) is 4.45. The molecule has 0 aliphatic carbocycles. The minimum absolute atomic E-state index is 0.295. The lowest BCUT2D eigenvalue weighted by Gasteiger charge is -2.18. The summed E-state index contributed by atoms with van der Waals surface area (Å²) in [6, 6.07) is 6.37. The van der Waals surface area contributed by atoms with Gasteiger partial charge >= 0.3 is 0 Å². The third-order valence-corrected chi connectivity index (χ3v) is 4.70. The lowest BCUT2D eigenvalue weighted by molar-refractivity contribution is 0.553. The molecule has 0 aliphatic rings. The Balaban J connectivity index is 2.20. The summed E-state index contributed by atoms with van der Waals surface area (Å²) in [4.78, 5) is 5.41. The first kappa shape index (κ1) is 14.0. The van der Waals surface area contributed by atoms with E-state index in [1.165, 1.54) is 10.4 Å². The fourth-order valence-electron chi connectivity index (χ4n) is 1.83. The maximum absolute atomic E-state index is 6.03. The smallest absolute Gasteiger partial charge is 0.0794 e. The van der Waals surface area contributed by atoms with Crippen LogP contribution in [0.1, 0.15) is 23.4 Å². The van der Waals surface area contributed by atoms with Gasteiger partial charge in [-0.05, 0) is 40.2 Å². The molecule has 0 saturated heterocycles. The summed E-state index contributed by atoms with van der Waals surface area (Å²) in [6.07, 6.45) is 2.88. The van der Waals surface area contributed by atoms with Crippen molar-refractivity contribution in [2.75, 3.05) is 6.54 Å². The van der Waals surface area contributed by atoms with E-state index in [0.29, 0.717) is 6.04 Å². The number of nitrogens with zero attached hydrogens (tertiary/aromatic N) is 1. The average Bonchev–Trinajstić information content (AvgIpc) is 2.85. The summed E-state index contributed by atoms with van der Waals surface area (Å²) in [5, 5.41) is 4.24. The maximum atomic E-state index is 6.03. The SMILES string of the molecule is CCNC(Cc1cncs1)c1ccc(Cl)c(Br)c1. The molecule has 1 atom stereocenters. The Morgan fingerprint density at radius 2 is 2.33 bits per heavy atom. The van der Waals surface area contributed by atoms with Gasteiger partial charge in [0.2, 0.25) is 0 Å². The number of nitrogens with one attached hydrogen (secondary N) is 1. The van der Waals surface area contributed by atoms with E-state index in [4.69, 9.17) is 11.6 Å². The van der Waals surface area contributed by atoms with Crippen molar-refractivity contribution < 1.29 is 0 Å². The van der Waals surface area contributed by atoms with E-state index in [0.717, 1.165) is 22.5 Å². The highest BCUT2D eigenvalue weighted by atomic mass is 79.9. The first-order valence-corrected chi connectivity index (χ1v) is 7.81. The number of aromatic nitrogens is 1. The van der Waals surface area contributed by atoms with Crippen molar-refractivity contribution in [1.82, 2.24) is 10.3 Å². The Labute approximate surface area is 125 Å². The van der Waals surface area contributed by atoms with Crippen LogP contribution in [-0.4, -0.2) is 11.5 Å². The third kappa shape index (κ3) is 3.54. The number of likely N-dealkylation sites (N-methyl/N-ethyl adjacent to an activating group) is 1. The summed E-state index contributed by atoms with van der Waals surface area (Å²) in [7, 11) is 0. The van der Waals surface area contributed by atoms with Gasteiger partial charge in [-0.1, -0.05) is 24.6 Å². The van der Waals surface area contributed by atoms with Crippen LogP contribution < -0.4 is 5.32 Å². The van der Waals surface area contributed by atoms with Gasteiger partial charge in [0.25, 0.3) is 0 Å². The second-order valence-electron chi connectivity index (χ2n) is 3.96.